The summed E-state index contributed by atoms with van der Waals surface area (Å²) in [6.07, 6.45) is 5.18. The van der Waals surface area contributed by atoms with Gasteiger partial charge < -0.3 is 14.9 Å². The molecule has 0 aliphatic rings. The first-order valence-electron chi connectivity index (χ1n) is 7.19. The normalized spacial score (nSPS) is 10.8. The van der Waals surface area contributed by atoms with E-state index in [-0.39, 0.29) is 29.6 Å². The van der Waals surface area contributed by atoms with Crippen LogP contribution in [0.1, 0.15) is 23.7 Å². The number of aromatic hydroxyl groups is 1. The highest BCUT2D eigenvalue weighted by Gasteiger charge is 2.26. The summed E-state index contributed by atoms with van der Waals surface area (Å²) >= 11 is 0. The number of hydrogen-bond donors (Lipinski definition) is 3. The number of nitrogens with one attached hydrogen (secondary N) is 1. The molecular weight excluding hydrogens is 314 g/mol. The third-order valence-electron chi connectivity index (χ3n) is 3.15. The first kappa shape index (κ1) is 17.3. The third kappa shape index (κ3) is 3.82. The largest absolute Gasteiger partial charge is 0.602 e. The number of anilines is 1. The van der Waals surface area contributed by atoms with Crippen LogP contribution in [0.25, 0.3) is 0 Å². The molecule has 0 aliphatic carbocycles. The number of pyridine rings is 1. The average Bonchev–Trinajstić information content (AvgIpc) is 2.60. The number of aliphatic hydroxyl groups excluding tert-OH is 1. The molecular formula is C15H18N5O4+. The van der Waals surface area contributed by atoms with Crippen LogP contribution in [0, 0.1) is 6.92 Å². The maximum atomic E-state index is 11.9. The zero-order valence-electron chi connectivity index (χ0n) is 13.3. The van der Waals surface area contributed by atoms with Crippen molar-refractivity contribution in [1.29, 1.82) is 0 Å². The van der Waals surface area contributed by atoms with E-state index >= 15 is 0 Å². The summed E-state index contributed by atoms with van der Waals surface area (Å²) in [5.41, 5.74) is 3.46. The van der Waals surface area contributed by atoms with Gasteiger partial charge in [0, 0.05) is 19.3 Å². The van der Waals surface area contributed by atoms with Crippen LogP contribution in [0.3, 0.4) is 0 Å². The minimum absolute atomic E-state index is 0.186. The van der Waals surface area contributed by atoms with Crippen LogP contribution in [0.2, 0.25) is 0 Å². The lowest BCUT2D eigenvalue weighted by atomic mass is 10.1. The highest BCUT2D eigenvalue weighted by atomic mass is 16.5. The van der Waals surface area contributed by atoms with E-state index in [2.05, 4.69) is 20.5 Å². The van der Waals surface area contributed by atoms with Gasteiger partial charge in [-0.1, -0.05) is 4.57 Å². The SMILES string of the molecule is CCOC(=O)[n+]1cc(CO)c(C=NNc2ncccn2)c(O)c1C. The fourth-order valence-electron chi connectivity index (χ4n) is 1.95. The van der Waals surface area contributed by atoms with Crippen LogP contribution < -0.4 is 9.99 Å². The minimum Gasteiger partial charge on any atom is -0.502 e. The van der Waals surface area contributed by atoms with Crippen LogP contribution in [0.5, 0.6) is 5.75 Å². The maximum absolute atomic E-state index is 11.9. The molecule has 0 fully saturated rings. The molecule has 0 atom stereocenters. The molecule has 0 bridgehead atoms. The van der Waals surface area contributed by atoms with E-state index in [0.29, 0.717) is 5.56 Å². The number of rotatable bonds is 5. The van der Waals surface area contributed by atoms with Gasteiger partial charge in [0.1, 0.15) is 0 Å². The molecule has 0 spiro atoms. The third-order valence-corrected chi connectivity index (χ3v) is 3.15. The highest BCUT2D eigenvalue weighted by molar-refractivity contribution is 5.86. The van der Waals surface area contributed by atoms with Gasteiger partial charge >= 0.3 is 6.09 Å². The van der Waals surface area contributed by atoms with Gasteiger partial charge in [-0.05, 0) is 13.0 Å². The molecule has 0 aliphatic heterocycles. The van der Waals surface area contributed by atoms with Gasteiger partial charge in [-0.25, -0.2) is 15.4 Å². The fraction of sp³-hybridized carbons (Fsp3) is 0.267. The van der Waals surface area contributed by atoms with Crippen molar-refractivity contribution in [2.75, 3.05) is 12.0 Å². The van der Waals surface area contributed by atoms with E-state index < -0.39 is 12.7 Å². The lowest BCUT2D eigenvalue weighted by molar-refractivity contribution is -0.593. The molecule has 24 heavy (non-hydrogen) atoms. The van der Waals surface area contributed by atoms with E-state index in [0.717, 1.165) is 4.57 Å². The van der Waals surface area contributed by atoms with Gasteiger partial charge in [0.05, 0.1) is 30.6 Å². The van der Waals surface area contributed by atoms with E-state index in [1.807, 2.05) is 0 Å². The second-order valence-electron chi connectivity index (χ2n) is 4.67. The summed E-state index contributed by atoms with van der Waals surface area (Å²) in [5.74, 6) is 0.0992. The second-order valence-corrected chi connectivity index (χ2v) is 4.67. The summed E-state index contributed by atoms with van der Waals surface area (Å²) in [6.45, 7) is 3.04. The van der Waals surface area contributed by atoms with Crippen molar-refractivity contribution < 1.29 is 24.3 Å². The van der Waals surface area contributed by atoms with E-state index in [9.17, 15) is 15.0 Å². The van der Waals surface area contributed by atoms with Gasteiger partial charge in [0.25, 0.3) is 0 Å². The van der Waals surface area contributed by atoms with Crippen molar-refractivity contribution in [3.8, 4) is 5.75 Å². The van der Waals surface area contributed by atoms with Crippen molar-refractivity contribution in [3.63, 3.8) is 0 Å². The predicted octanol–water partition coefficient (Wildman–Crippen LogP) is 0.721. The lowest BCUT2D eigenvalue weighted by Crippen LogP contribution is -2.46. The molecule has 2 aromatic rings. The average molecular weight is 332 g/mol. The van der Waals surface area contributed by atoms with Crippen molar-refractivity contribution in [2.24, 2.45) is 5.10 Å². The van der Waals surface area contributed by atoms with Crippen LogP contribution in [0.4, 0.5) is 10.7 Å². The predicted molar refractivity (Wildman–Crippen MR) is 84.6 cm³/mol. The molecule has 9 heteroatoms. The Kier molecular flexibility index (Phi) is 5.74. The van der Waals surface area contributed by atoms with Gasteiger partial charge in [0.2, 0.25) is 11.6 Å². The molecule has 0 saturated heterocycles. The number of ether oxygens (including phenoxy) is 1. The molecule has 0 unspecified atom stereocenters. The first-order valence-corrected chi connectivity index (χ1v) is 7.19. The Labute approximate surface area is 138 Å². The number of carbonyl (C=O) groups excluding carboxylic acids is 1. The van der Waals surface area contributed by atoms with Crippen LogP contribution in [-0.4, -0.2) is 39.1 Å². The van der Waals surface area contributed by atoms with E-state index in [1.54, 1.807) is 32.3 Å². The number of hydrogen-bond acceptors (Lipinski definition) is 8. The molecule has 0 aromatic carbocycles. The minimum atomic E-state index is -0.640. The summed E-state index contributed by atoms with van der Waals surface area (Å²) in [6, 6.07) is 1.67. The van der Waals surface area contributed by atoms with Gasteiger partial charge in [-0.3, -0.25) is 0 Å². The van der Waals surface area contributed by atoms with Crippen molar-refractivity contribution in [2.45, 2.75) is 20.5 Å². The zero-order valence-corrected chi connectivity index (χ0v) is 13.3. The van der Waals surface area contributed by atoms with Crippen molar-refractivity contribution >= 4 is 18.3 Å². The summed E-state index contributed by atoms with van der Waals surface area (Å²) in [7, 11) is 0. The van der Waals surface area contributed by atoms with Crippen LogP contribution in [0.15, 0.2) is 29.8 Å². The number of nitrogens with zero attached hydrogens (tertiary/aromatic N) is 4. The lowest BCUT2D eigenvalue weighted by Gasteiger charge is -2.07. The smallest absolute Gasteiger partial charge is 0.502 e. The molecule has 126 valence electrons. The Balaban J connectivity index is 2.32. The Morgan fingerprint density at radius 1 is 1.46 bits per heavy atom. The van der Waals surface area contributed by atoms with Crippen molar-refractivity contribution in [1.82, 2.24) is 9.97 Å². The Morgan fingerprint density at radius 3 is 2.79 bits per heavy atom. The Bertz CT molecular complexity index is 749. The topological polar surface area (TPSA) is 121 Å². The molecule has 9 nitrogen and oxygen atoms in total. The quantitative estimate of drug-likeness (QED) is 0.419. The zero-order chi connectivity index (χ0) is 17.5. The number of hydrazone groups is 1. The number of aliphatic hydroxyl groups is 1. The van der Waals surface area contributed by atoms with Gasteiger partial charge in [-0.2, -0.15) is 9.90 Å². The molecule has 2 aromatic heterocycles. The summed E-state index contributed by atoms with van der Waals surface area (Å²) < 4.78 is 6.05. The molecule has 2 rings (SSSR count). The molecule has 3 N–H and O–H groups in total. The monoisotopic (exact) mass is 332 g/mol. The molecule has 0 amide bonds. The standard InChI is InChI=1S/C15H17N5O4/c1-3-24-15(23)20-8-11(9-21)12(13(22)10(20)2)7-18-19-14-16-5-4-6-17-14/h4-8,21-22H,3,9H2,1-2H3/p+1. The van der Waals surface area contributed by atoms with Crippen LogP contribution >= 0.6 is 0 Å². The Hall–Kier alpha value is -3.07. The molecule has 0 radical (unpaired) electrons. The number of aromatic nitrogens is 3. The van der Waals surface area contributed by atoms with Crippen LogP contribution in [-0.2, 0) is 11.3 Å². The van der Waals surface area contributed by atoms with E-state index in [4.69, 9.17) is 4.74 Å². The molecule has 0 saturated carbocycles. The highest BCUT2D eigenvalue weighted by Crippen LogP contribution is 2.21. The first-order chi connectivity index (χ1) is 11.6. The summed E-state index contributed by atoms with van der Waals surface area (Å²) in [4.78, 5) is 19.8. The second kappa shape index (κ2) is 7.97. The van der Waals surface area contributed by atoms with Gasteiger partial charge in [0.15, 0.2) is 11.9 Å². The summed E-state index contributed by atoms with van der Waals surface area (Å²) in [5, 5.41) is 23.8. The Morgan fingerprint density at radius 2 is 2.17 bits per heavy atom. The fourth-order valence-corrected chi connectivity index (χ4v) is 1.95. The number of carbonyl (C=O) groups is 1. The maximum Gasteiger partial charge on any atom is 0.602 e. The van der Waals surface area contributed by atoms with E-state index in [1.165, 1.54) is 12.4 Å². The molecule has 2 heterocycles. The van der Waals surface area contributed by atoms with Gasteiger partial charge in [-0.15, -0.1) is 0 Å². The van der Waals surface area contributed by atoms with Crippen molar-refractivity contribution in [3.05, 3.63) is 41.5 Å².